The molecule has 2 aromatic rings. The number of ether oxygens (including phenoxy) is 1. The fourth-order valence-corrected chi connectivity index (χ4v) is 1.76. The molecule has 0 radical (unpaired) electrons. The molecule has 1 amide bonds. The molecule has 1 N–H and O–H groups in total. The Morgan fingerprint density at radius 3 is 2.50 bits per heavy atom. The van der Waals surface area contributed by atoms with E-state index < -0.39 is 11.6 Å². The Hall–Kier alpha value is -2.43. The molecule has 0 aromatic heterocycles. The number of hydrogen-bond donors (Lipinski definition) is 1. The molecule has 2 aromatic carbocycles. The third kappa shape index (κ3) is 3.54. The highest BCUT2D eigenvalue weighted by molar-refractivity contribution is 5.94. The lowest BCUT2D eigenvalue weighted by Crippen LogP contribution is -2.22. The van der Waals surface area contributed by atoms with E-state index in [1.165, 1.54) is 19.2 Å². The lowest BCUT2D eigenvalue weighted by atomic mass is 10.2. The highest BCUT2D eigenvalue weighted by atomic mass is 19.1. The SMILES string of the molecule is COc1cccc(C(=O)NCc2cc(F)cc(F)c2)c1. The summed E-state index contributed by atoms with van der Waals surface area (Å²) in [6.07, 6.45) is 0. The number of carbonyl (C=O) groups is 1. The van der Waals surface area contributed by atoms with Gasteiger partial charge in [-0.05, 0) is 35.9 Å². The van der Waals surface area contributed by atoms with Crippen LogP contribution < -0.4 is 10.1 Å². The van der Waals surface area contributed by atoms with Gasteiger partial charge in [0.2, 0.25) is 0 Å². The summed E-state index contributed by atoms with van der Waals surface area (Å²) in [5.74, 6) is -1.12. The zero-order valence-corrected chi connectivity index (χ0v) is 10.8. The maximum atomic E-state index is 13.0. The van der Waals surface area contributed by atoms with E-state index in [2.05, 4.69) is 5.32 Å². The molecule has 0 saturated carbocycles. The van der Waals surface area contributed by atoms with Gasteiger partial charge >= 0.3 is 0 Å². The molecule has 20 heavy (non-hydrogen) atoms. The molecule has 5 heteroatoms. The second kappa shape index (κ2) is 6.14. The van der Waals surface area contributed by atoms with E-state index in [1.54, 1.807) is 24.3 Å². The Kier molecular flexibility index (Phi) is 4.30. The van der Waals surface area contributed by atoms with Crippen LogP contribution in [-0.2, 0) is 6.54 Å². The lowest BCUT2D eigenvalue weighted by Gasteiger charge is -2.07. The maximum Gasteiger partial charge on any atom is 0.251 e. The van der Waals surface area contributed by atoms with Gasteiger partial charge in [-0.25, -0.2) is 8.78 Å². The molecule has 0 aliphatic carbocycles. The van der Waals surface area contributed by atoms with Crippen molar-refractivity contribution in [3.05, 3.63) is 65.2 Å². The Bertz CT molecular complexity index is 609. The highest BCUT2D eigenvalue weighted by Crippen LogP contribution is 2.13. The number of rotatable bonds is 4. The topological polar surface area (TPSA) is 38.3 Å². The van der Waals surface area contributed by atoms with Crippen molar-refractivity contribution in [1.82, 2.24) is 5.32 Å². The van der Waals surface area contributed by atoms with Gasteiger partial charge in [0.05, 0.1) is 7.11 Å². The second-order valence-electron chi connectivity index (χ2n) is 4.19. The number of amides is 1. The van der Waals surface area contributed by atoms with E-state index in [1.807, 2.05) is 0 Å². The molecule has 0 bridgehead atoms. The summed E-state index contributed by atoms with van der Waals surface area (Å²) >= 11 is 0. The smallest absolute Gasteiger partial charge is 0.251 e. The van der Waals surface area contributed by atoms with Crippen molar-refractivity contribution in [2.45, 2.75) is 6.54 Å². The summed E-state index contributed by atoms with van der Waals surface area (Å²) in [7, 11) is 1.51. The predicted octanol–water partition coefficient (Wildman–Crippen LogP) is 2.90. The van der Waals surface area contributed by atoms with Crippen LogP contribution in [0.5, 0.6) is 5.75 Å². The van der Waals surface area contributed by atoms with E-state index in [0.29, 0.717) is 16.9 Å². The third-order valence-electron chi connectivity index (χ3n) is 2.71. The fraction of sp³-hybridized carbons (Fsp3) is 0.133. The van der Waals surface area contributed by atoms with Gasteiger partial charge in [-0.2, -0.15) is 0 Å². The summed E-state index contributed by atoms with van der Waals surface area (Å²) in [5.41, 5.74) is 0.778. The van der Waals surface area contributed by atoms with Crippen LogP contribution in [0.1, 0.15) is 15.9 Å². The first-order valence-electron chi connectivity index (χ1n) is 5.95. The zero-order chi connectivity index (χ0) is 14.5. The minimum absolute atomic E-state index is 0.0464. The summed E-state index contributed by atoms with van der Waals surface area (Å²) < 4.78 is 31.0. The van der Waals surface area contributed by atoms with E-state index in [4.69, 9.17) is 4.74 Å². The number of halogens is 2. The van der Waals surface area contributed by atoms with Crippen LogP contribution in [0.3, 0.4) is 0 Å². The first-order valence-corrected chi connectivity index (χ1v) is 5.95. The number of carbonyl (C=O) groups excluding carboxylic acids is 1. The number of benzene rings is 2. The molecule has 0 spiro atoms. The summed E-state index contributed by atoms with van der Waals surface area (Å²) in [6, 6.07) is 9.76. The van der Waals surface area contributed by atoms with Crippen LogP contribution in [0.25, 0.3) is 0 Å². The van der Waals surface area contributed by atoms with Crippen LogP contribution in [0, 0.1) is 11.6 Å². The molecular weight excluding hydrogens is 264 g/mol. The van der Waals surface area contributed by atoms with E-state index in [-0.39, 0.29) is 12.5 Å². The van der Waals surface area contributed by atoms with Gasteiger partial charge in [0.1, 0.15) is 17.4 Å². The molecule has 0 heterocycles. The van der Waals surface area contributed by atoms with Crippen molar-refractivity contribution >= 4 is 5.91 Å². The van der Waals surface area contributed by atoms with Crippen molar-refractivity contribution in [1.29, 1.82) is 0 Å². The van der Waals surface area contributed by atoms with Crippen LogP contribution in [0.2, 0.25) is 0 Å². The Balaban J connectivity index is 2.04. The molecule has 0 atom stereocenters. The van der Waals surface area contributed by atoms with Crippen LogP contribution >= 0.6 is 0 Å². The quantitative estimate of drug-likeness (QED) is 0.933. The Morgan fingerprint density at radius 2 is 1.85 bits per heavy atom. The van der Waals surface area contributed by atoms with Crippen molar-refractivity contribution in [3.8, 4) is 5.75 Å². The second-order valence-corrected chi connectivity index (χ2v) is 4.19. The molecular formula is C15H13F2NO2. The van der Waals surface area contributed by atoms with Crippen molar-refractivity contribution in [2.75, 3.05) is 7.11 Å². The molecule has 2 rings (SSSR count). The first-order chi connectivity index (χ1) is 9.58. The van der Waals surface area contributed by atoms with Crippen molar-refractivity contribution in [3.63, 3.8) is 0 Å². The molecule has 0 aliphatic heterocycles. The summed E-state index contributed by atoms with van der Waals surface area (Å²) in [4.78, 5) is 11.9. The number of hydrogen-bond acceptors (Lipinski definition) is 2. The molecule has 0 aliphatic rings. The van der Waals surface area contributed by atoms with Gasteiger partial charge in [0.25, 0.3) is 5.91 Å². The highest BCUT2D eigenvalue weighted by Gasteiger charge is 2.07. The van der Waals surface area contributed by atoms with Gasteiger partial charge in [-0.15, -0.1) is 0 Å². The molecule has 0 unspecified atom stereocenters. The maximum absolute atomic E-state index is 13.0. The number of methoxy groups -OCH3 is 1. The zero-order valence-electron chi connectivity index (χ0n) is 10.8. The van der Waals surface area contributed by atoms with E-state index >= 15 is 0 Å². The Labute approximate surface area is 115 Å². The van der Waals surface area contributed by atoms with Crippen LogP contribution in [0.4, 0.5) is 8.78 Å². The largest absolute Gasteiger partial charge is 0.497 e. The average molecular weight is 277 g/mol. The van der Waals surface area contributed by atoms with Gasteiger partial charge < -0.3 is 10.1 Å². The fourth-order valence-electron chi connectivity index (χ4n) is 1.76. The van der Waals surface area contributed by atoms with Gasteiger partial charge in [0.15, 0.2) is 0 Å². The predicted molar refractivity (Wildman–Crippen MR) is 70.5 cm³/mol. The summed E-state index contributed by atoms with van der Waals surface area (Å²) in [5, 5.41) is 2.59. The third-order valence-corrected chi connectivity index (χ3v) is 2.71. The first kappa shape index (κ1) is 14.0. The molecule has 3 nitrogen and oxygen atoms in total. The standard InChI is InChI=1S/C15H13F2NO2/c1-20-14-4-2-3-11(7-14)15(19)18-9-10-5-12(16)8-13(17)6-10/h2-8H,9H2,1H3,(H,18,19). The van der Waals surface area contributed by atoms with Gasteiger partial charge in [-0.3, -0.25) is 4.79 Å². The Morgan fingerprint density at radius 1 is 1.15 bits per heavy atom. The monoisotopic (exact) mass is 277 g/mol. The number of nitrogens with one attached hydrogen (secondary N) is 1. The molecule has 104 valence electrons. The van der Waals surface area contributed by atoms with Gasteiger partial charge in [0, 0.05) is 18.2 Å². The van der Waals surface area contributed by atoms with Crippen LogP contribution in [0.15, 0.2) is 42.5 Å². The van der Waals surface area contributed by atoms with Gasteiger partial charge in [-0.1, -0.05) is 6.07 Å². The summed E-state index contributed by atoms with van der Waals surface area (Å²) in [6.45, 7) is 0.0464. The normalized spacial score (nSPS) is 10.2. The van der Waals surface area contributed by atoms with Crippen molar-refractivity contribution in [2.24, 2.45) is 0 Å². The molecule has 0 fully saturated rings. The van der Waals surface area contributed by atoms with Crippen LogP contribution in [-0.4, -0.2) is 13.0 Å². The molecule has 0 saturated heterocycles. The van der Waals surface area contributed by atoms with E-state index in [0.717, 1.165) is 6.07 Å². The minimum Gasteiger partial charge on any atom is -0.497 e. The minimum atomic E-state index is -0.671. The van der Waals surface area contributed by atoms with Crippen molar-refractivity contribution < 1.29 is 18.3 Å². The average Bonchev–Trinajstić information content (AvgIpc) is 2.44. The van der Waals surface area contributed by atoms with E-state index in [9.17, 15) is 13.6 Å². The lowest BCUT2D eigenvalue weighted by molar-refractivity contribution is 0.0950.